The van der Waals surface area contributed by atoms with Gasteiger partial charge in [0.05, 0.1) is 6.20 Å². The molecule has 0 unspecified atom stereocenters. The predicted octanol–water partition coefficient (Wildman–Crippen LogP) is 5.18. The van der Waals surface area contributed by atoms with Crippen LogP contribution in [0, 0.1) is 0 Å². The van der Waals surface area contributed by atoms with Crippen molar-refractivity contribution in [2.45, 2.75) is 17.9 Å². The van der Waals surface area contributed by atoms with Gasteiger partial charge in [-0.15, -0.1) is 11.8 Å². The van der Waals surface area contributed by atoms with Gasteiger partial charge in [-0.25, -0.2) is 4.98 Å². The zero-order valence-corrected chi connectivity index (χ0v) is 19.5. The van der Waals surface area contributed by atoms with Crippen LogP contribution in [0.5, 0.6) is 5.75 Å². The number of pyridine rings is 1. The highest BCUT2D eigenvalue weighted by atomic mass is 32.2. The van der Waals surface area contributed by atoms with E-state index in [1.54, 1.807) is 34.9 Å². The maximum Gasteiger partial charge on any atom is 0.255 e. The first-order valence-corrected chi connectivity index (χ1v) is 11.6. The Morgan fingerprint density at radius 2 is 1.94 bits per heavy atom. The fraction of sp³-hybridized carbons (Fsp3) is 0.160. The number of nitrogens with one attached hydrogen (secondary N) is 1. The molecule has 0 aliphatic heterocycles. The first kappa shape index (κ1) is 22.4. The van der Waals surface area contributed by atoms with Gasteiger partial charge in [0.1, 0.15) is 6.10 Å². The van der Waals surface area contributed by atoms with Crippen LogP contribution in [0.25, 0.3) is 11.1 Å². The van der Waals surface area contributed by atoms with Crippen LogP contribution in [0.3, 0.4) is 0 Å². The molecule has 33 heavy (non-hydrogen) atoms. The number of thioether (sulfide) groups is 1. The Morgan fingerprint density at radius 1 is 1.12 bits per heavy atom. The number of nitrogen functional groups attached to an aromatic ring is 1. The molecular weight excluding hydrogens is 434 g/mol. The Hall–Kier alpha value is -3.78. The Labute approximate surface area is 197 Å². The van der Waals surface area contributed by atoms with Crippen molar-refractivity contribution in [1.82, 2.24) is 14.8 Å². The molecule has 1 amide bonds. The Bertz CT molecular complexity index is 1290. The van der Waals surface area contributed by atoms with Gasteiger partial charge in [-0.05, 0) is 55.1 Å². The monoisotopic (exact) mass is 459 g/mol. The fourth-order valence-corrected chi connectivity index (χ4v) is 3.83. The zero-order valence-electron chi connectivity index (χ0n) is 18.6. The number of nitrogens with two attached hydrogens (primary N) is 1. The van der Waals surface area contributed by atoms with Crippen LogP contribution in [-0.2, 0) is 7.05 Å². The van der Waals surface area contributed by atoms with Crippen LogP contribution >= 0.6 is 11.8 Å². The minimum Gasteiger partial charge on any atom is -0.482 e. The second-order valence-corrected chi connectivity index (χ2v) is 8.46. The van der Waals surface area contributed by atoms with Crippen LogP contribution in [-0.4, -0.2) is 26.9 Å². The number of anilines is 2. The summed E-state index contributed by atoms with van der Waals surface area (Å²) < 4.78 is 7.87. The summed E-state index contributed by atoms with van der Waals surface area (Å²) >= 11 is 1.60. The number of carbonyl (C=O) groups excluding carboxylic acids is 1. The Balaban J connectivity index is 1.50. The maximum absolute atomic E-state index is 12.7. The molecule has 0 bridgehead atoms. The van der Waals surface area contributed by atoms with Gasteiger partial charge < -0.3 is 15.8 Å². The van der Waals surface area contributed by atoms with E-state index in [0.29, 0.717) is 22.8 Å². The highest BCUT2D eigenvalue weighted by molar-refractivity contribution is 7.98. The second kappa shape index (κ2) is 9.79. The summed E-state index contributed by atoms with van der Waals surface area (Å²) in [5, 5.41) is 7.16. The van der Waals surface area contributed by atoms with E-state index in [1.807, 2.05) is 75.0 Å². The molecular formula is C25H25N5O2S. The summed E-state index contributed by atoms with van der Waals surface area (Å²) in [6.45, 7) is 1.93. The number of ether oxygens (including phenoxy) is 1. The van der Waals surface area contributed by atoms with Crippen molar-refractivity contribution >= 4 is 29.2 Å². The maximum atomic E-state index is 12.7. The second-order valence-electron chi connectivity index (χ2n) is 7.58. The number of hydrogen-bond acceptors (Lipinski definition) is 6. The molecule has 2 aromatic carbocycles. The summed E-state index contributed by atoms with van der Waals surface area (Å²) in [4.78, 5) is 18.0. The summed E-state index contributed by atoms with van der Waals surface area (Å²) in [6.07, 6.45) is 7.04. The molecule has 8 heteroatoms. The number of amides is 1. The Morgan fingerprint density at radius 3 is 2.70 bits per heavy atom. The normalized spacial score (nSPS) is 11.7. The molecule has 7 nitrogen and oxygen atoms in total. The van der Waals surface area contributed by atoms with Crippen molar-refractivity contribution in [3.05, 3.63) is 84.3 Å². The molecule has 0 aliphatic carbocycles. The average molecular weight is 460 g/mol. The van der Waals surface area contributed by atoms with Crippen molar-refractivity contribution in [1.29, 1.82) is 0 Å². The third-order valence-electron chi connectivity index (χ3n) is 5.17. The summed E-state index contributed by atoms with van der Waals surface area (Å²) in [5.41, 5.74) is 10.1. The number of benzene rings is 2. The van der Waals surface area contributed by atoms with Gasteiger partial charge in [-0.1, -0.05) is 18.2 Å². The largest absolute Gasteiger partial charge is 0.482 e. The van der Waals surface area contributed by atoms with Crippen LogP contribution in [0.1, 0.15) is 28.9 Å². The SMILES string of the molecule is CSc1cccc(C(=O)Nc2cccc([C@@H](C)Oc3cc(-c4cnn(C)c4)cnc3N)c2)c1. The Kier molecular flexibility index (Phi) is 6.65. The third-order valence-corrected chi connectivity index (χ3v) is 5.89. The lowest BCUT2D eigenvalue weighted by Gasteiger charge is -2.17. The lowest BCUT2D eigenvalue weighted by molar-refractivity contribution is 0.102. The van der Waals surface area contributed by atoms with E-state index in [9.17, 15) is 4.79 Å². The topological polar surface area (TPSA) is 95.1 Å². The first-order chi connectivity index (χ1) is 15.9. The van der Waals surface area contributed by atoms with Crippen molar-refractivity contribution in [2.24, 2.45) is 7.05 Å². The minimum atomic E-state index is -0.310. The van der Waals surface area contributed by atoms with E-state index in [-0.39, 0.29) is 12.0 Å². The van der Waals surface area contributed by atoms with Crippen molar-refractivity contribution < 1.29 is 9.53 Å². The van der Waals surface area contributed by atoms with Crippen molar-refractivity contribution in [3.63, 3.8) is 0 Å². The van der Waals surface area contributed by atoms with Crippen LogP contribution in [0.4, 0.5) is 11.5 Å². The highest BCUT2D eigenvalue weighted by Gasteiger charge is 2.14. The molecule has 0 saturated carbocycles. The van der Waals surface area contributed by atoms with Gasteiger partial charge in [-0.2, -0.15) is 5.10 Å². The number of hydrogen-bond donors (Lipinski definition) is 2. The molecule has 0 aliphatic rings. The molecule has 4 aromatic rings. The summed E-state index contributed by atoms with van der Waals surface area (Å²) in [7, 11) is 1.86. The molecule has 0 saturated heterocycles. The zero-order chi connectivity index (χ0) is 23.4. The standard InChI is InChI=1S/C25H25N5O2S/c1-16(32-23-12-19(13-27-24(23)26)20-14-28-30(2)15-20)17-6-4-8-21(10-17)29-25(31)18-7-5-9-22(11-18)33-3/h4-16H,1-3H3,(H2,26,27)(H,29,31)/t16-/m1/s1. The number of carbonyl (C=O) groups is 1. The number of nitrogens with zero attached hydrogens (tertiary/aromatic N) is 3. The molecule has 2 aromatic heterocycles. The predicted molar refractivity (Wildman–Crippen MR) is 133 cm³/mol. The molecule has 0 radical (unpaired) electrons. The van der Waals surface area contributed by atoms with Gasteiger partial charge in [0.25, 0.3) is 5.91 Å². The first-order valence-electron chi connectivity index (χ1n) is 10.4. The van der Waals surface area contributed by atoms with Crippen LogP contribution in [0.2, 0.25) is 0 Å². The van der Waals surface area contributed by atoms with Gasteiger partial charge in [0.2, 0.25) is 0 Å². The fourth-order valence-electron chi connectivity index (χ4n) is 3.37. The lowest BCUT2D eigenvalue weighted by Crippen LogP contribution is -2.12. The molecule has 2 heterocycles. The molecule has 4 rings (SSSR count). The van der Waals surface area contributed by atoms with E-state index in [1.165, 1.54) is 0 Å². The third kappa shape index (κ3) is 5.35. The van der Waals surface area contributed by atoms with E-state index < -0.39 is 0 Å². The number of aromatic nitrogens is 3. The average Bonchev–Trinajstić information content (AvgIpc) is 3.27. The van der Waals surface area contributed by atoms with Crippen molar-refractivity contribution in [2.75, 3.05) is 17.3 Å². The van der Waals surface area contributed by atoms with Crippen LogP contribution < -0.4 is 15.8 Å². The molecule has 168 valence electrons. The van der Waals surface area contributed by atoms with Gasteiger partial charge in [0.15, 0.2) is 11.6 Å². The molecule has 3 N–H and O–H groups in total. The molecule has 1 atom stereocenters. The summed E-state index contributed by atoms with van der Waals surface area (Å²) in [6, 6.07) is 17.0. The molecule has 0 spiro atoms. The summed E-state index contributed by atoms with van der Waals surface area (Å²) in [5.74, 6) is 0.647. The van der Waals surface area contributed by atoms with E-state index in [0.717, 1.165) is 21.6 Å². The highest BCUT2D eigenvalue weighted by Crippen LogP contribution is 2.31. The minimum absolute atomic E-state index is 0.158. The van der Waals surface area contributed by atoms with Crippen molar-refractivity contribution in [3.8, 4) is 16.9 Å². The lowest BCUT2D eigenvalue weighted by atomic mass is 10.1. The van der Waals surface area contributed by atoms with Gasteiger partial charge in [-0.3, -0.25) is 9.48 Å². The number of aryl methyl sites for hydroxylation is 1. The van der Waals surface area contributed by atoms with Gasteiger partial charge >= 0.3 is 0 Å². The molecule has 0 fully saturated rings. The van der Waals surface area contributed by atoms with E-state index >= 15 is 0 Å². The smallest absolute Gasteiger partial charge is 0.255 e. The van der Waals surface area contributed by atoms with E-state index in [2.05, 4.69) is 15.4 Å². The number of rotatable bonds is 7. The van der Waals surface area contributed by atoms with E-state index in [4.69, 9.17) is 10.5 Å². The van der Waals surface area contributed by atoms with Gasteiger partial charge in [0, 0.05) is 46.7 Å². The van der Waals surface area contributed by atoms with Crippen LogP contribution in [0.15, 0.2) is 78.1 Å². The quantitative estimate of drug-likeness (QED) is 0.370.